The van der Waals surface area contributed by atoms with Crippen molar-refractivity contribution in [2.75, 3.05) is 18.1 Å². The van der Waals surface area contributed by atoms with Gasteiger partial charge in [0.1, 0.15) is 11.6 Å². The van der Waals surface area contributed by atoms with Crippen molar-refractivity contribution < 1.29 is 14.7 Å². The first-order chi connectivity index (χ1) is 9.08. The van der Waals surface area contributed by atoms with E-state index in [-0.39, 0.29) is 37.6 Å². The Morgan fingerprint density at radius 1 is 1.68 bits per heavy atom. The van der Waals surface area contributed by atoms with Crippen LogP contribution in [0, 0.1) is 17.2 Å². The van der Waals surface area contributed by atoms with E-state index in [2.05, 4.69) is 5.10 Å². The van der Waals surface area contributed by atoms with Crippen LogP contribution in [0.2, 0.25) is 0 Å². The van der Waals surface area contributed by atoms with E-state index in [4.69, 9.17) is 16.1 Å². The number of nitrogens with zero attached hydrogens (tertiary/aromatic N) is 4. The molecule has 1 aliphatic rings. The fraction of sp³-hybridized carbons (Fsp3) is 0.455. The maximum Gasteiger partial charge on any atom is 0.229 e. The third kappa shape index (κ3) is 2.28. The molecule has 1 atom stereocenters. The van der Waals surface area contributed by atoms with E-state index in [1.54, 1.807) is 0 Å². The Labute approximate surface area is 109 Å². The minimum atomic E-state index is -0.559. The van der Waals surface area contributed by atoms with Gasteiger partial charge in [-0.05, 0) is 0 Å². The van der Waals surface area contributed by atoms with Gasteiger partial charge in [0, 0.05) is 13.0 Å². The number of carbonyl (C=O) groups excluding carboxylic acids is 2. The lowest BCUT2D eigenvalue weighted by molar-refractivity contribution is -0.123. The molecule has 100 valence electrons. The summed E-state index contributed by atoms with van der Waals surface area (Å²) in [7, 11) is 0. The van der Waals surface area contributed by atoms with E-state index in [9.17, 15) is 9.59 Å². The minimum Gasteiger partial charge on any atom is -0.394 e. The van der Waals surface area contributed by atoms with Crippen LogP contribution in [0.4, 0.5) is 5.82 Å². The van der Waals surface area contributed by atoms with Crippen molar-refractivity contribution in [2.45, 2.75) is 13.0 Å². The molecule has 0 saturated carbocycles. The molecule has 0 bridgehead atoms. The highest BCUT2D eigenvalue weighted by Gasteiger charge is 2.36. The number of anilines is 1. The van der Waals surface area contributed by atoms with E-state index in [0.29, 0.717) is 5.82 Å². The summed E-state index contributed by atoms with van der Waals surface area (Å²) in [6.45, 7) is 0.142. The molecule has 1 aromatic rings. The molecule has 2 amide bonds. The van der Waals surface area contributed by atoms with Crippen molar-refractivity contribution in [3.63, 3.8) is 0 Å². The molecule has 1 aliphatic heterocycles. The van der Waals surface area contributed by atoms with Crippen LogP contribution < -0.4 is 10.6 Å². The maximum atomic E-state index is 11.9. The van der Waals surface area contributed by atoms with E-state index in [1.165, 1.54) is 15.8 Å². The number of hydrogen-bond acceptors (Lipinski definition) is 5. The van der Waals surface area contributed by atoms with Gasteiger partial charge < -0.3 is 10.8 Å². The summed E-state index contributed by atoms with van der Waals surface area (Å²) in [5, 5.41) is 21.9. The van der Waals surface area contributed by atoms with Crippen molar-refractivity contribution in [2.24, 2.45) is 11.7 Å². The number of rotatable bonds is 4. The van der Waals surface area contributed by atoms with Crippen LogP contribution in [-0.4, -0.2) is 39.9 Å². The Morgan fingerprint density at radius 2 is 2.42 bits per heavy atom. The van der Waals surface area contributed by atoms with E-state index >= 15 is 0 Å². The molecule has 2 heterocycles. The molecule has 19 heavy (non-hydrogen) atoms. The SMILES string of the molecule is N#Cc1cnn(CCO)c1N1CC(C(N)=O)CC1=O. The molecule has 2 rings (SSSR count). The summed E-state index contributed by atoms with van der Waals surface area (Å²) < 4.78 is 1.37. The lowest BCUT2D eigenvalue weighted by atomic mass is 10.1. The first-order valence-corrected chi connectivity index (χ1v) is 5.75. The number of nitrogens with two attached hydrogens (primary N) is 1. The molecule has 8 heteroatoms. The van der Waals surface area contributed by atoms with E-state index in [1.807, 2.05) is 6.07 Å². The van der Waals surface area contributed by atoms with Gasteiger partial charge in [-0.3, -0.25) is 14.5 Å². The highest BCUT2D eigenvalue weighted by Crippen LogP contribution is 2.27. The summed E-state index contributed by atoms with van der Waals surface area (Å²) in [5.41, 5.74) is 5.43. The first-order valence-electron chi connectivity index (χ1n) is 5.75. The topological polar surface area (TPSA) is 125 Å². The quantitative estimate of drug-likeness (QED) is 0.690. The molecular weight excluding hydrogens is 250 g/mol. The second kappa shape index (κ2) is 5.07. The summed E-state index contributed by atoms with van der Waals surface area (Å²) in [5.74, 6) is -1.07. The number of hydrogen-bond donors (Lipinski definition) is 2. The third-order valence-corrected chi connectivity index (χ3v) is 3.03. The fourth-order valence-electron chi connectivity index (χ4n) is 2.10. The predicted octanol–water partition coefficient (Wildman–Crippen LogP) is -1.41. The molecule has 1 fully saturated rings. The van der Waals surface area contributed by atoms with Gasteiger partial charge in [-0.25, -0.2) is 4.68 Å². The molecule has 8 nitrogen and oxygen atoms in total. The number of carbonyl (C=O) groups is 2. The van der Waals surface area contributed by atoms with Gasteiger partial charge in [-0.1, -0.05) is 0 Å². The van der Waals surface area contributed by atoms with Crippen LogP contribution >= 0.6 is 0 Å². The summed E-state index contributed by atoms with van der Waals surface area (Å²) >= 11 is 0. The van der Waals surface area contributed by atoms with Gasteiger partial charge in [0.25, 0.3) is 0 Å². The zero-order valence-corrected chi connectivity index (χ0v) is 10.1. The molecule has 1 unspecified atom stereocenters. The number of aromatic nitrogens is 2. The van der Waals surface area contributed by atoms with Gasteiger partial charge in [0.05, 0.1) is 25.3 Å². The van der Waals surface area contributed by atoms with Crippen molar-refractivity contribution in [1.29, 1.82) is 5.26 Å². The molecule has 0 radical (unpaired) electrons. The number of aliphatic hydroxyl groups excluding tert-OH is 1. The van der Waals surface area contributed by atoms with Gasteiger partial charge in [-0.2, -0.15) is 10.4 Å². The van der Waals surface area contributed by atoms with Crippen molar-refractivity contribution >= 4 is 17.6 Å². The summed E-state index contributed by atoms with van der Waals surface area (Å²) in [6, 6.07) is 1.94. The molecule has 0 aliphatic carbocycles. The number of primary amides is 1. The van der Waals surface area contributed by atoms with Crippen LogP contribution in [0.1, 0.15) is 12.0 Å². The molecular formula is C11H13N5O3. The van der Waals surface area contributed by atoms with Crippen molar-refractivity contribution in [3.8, 4) is 6.07 Å². The average Bonchev–Trinajstić information content (AvgIpc) is 2.93. The van der Waals surface area contributed by atoms with E-state index < -0.39 is 11.8 Å². The monoisotopic (exact) mass is 263 g/mol. The Kier molecular flexibility index (Phi) is 3.48. The zero-order chi connectivity index (χ0) is 14.0. The predicted molar refractivity (Wildman–Crippen MR) is 63.7 cm³/mol. The van der Waals surface area contributed by atoms with Crippen LogP contribution in [0.25, 0.3) is 0 Å². The second-order valence-electron chi connectivity index (χ2n) is 4.25. The Balaban J connectivity index is 2.36. The summed E-state index contributed by atoms with van der Waals surface area (Å²) in [6.07, 6.45) is 1.36. The van der Waals surface area contributed by atoms with Gasteiger partial charge in [-0.15, -0.1) is 0 Å². The largest absolute Gasteiger partial charge is 0.394 e. The third-order valence-electron chi connectivity index (χ3n) is 3.03. The molecule has 0 aromatic carbocycles. The van der Waals surface area contributed by atoms with E-state index in [0.717, 1.165) is 0 Å². The molecule has 1 aromatic heterocycles. The van der Waals surface area contributed by atoms with Gasteiger partial charge in [0.15, 0.2) is 5.82 Å². The van der Waals surface area contributed by atoms with Crippen LogP contribution in [0.3, 0.4) is 0 Å². The lowest BCUT2D eigenvalue weighted by Crippen LogP contribution is -2.30. The Morgan fingerprint density at radius 3 is 2.95 bits per heavy atom. The average molecular weight is 263 g/mol. The van der Waals surface area contributed by atoms with Crippen LogP contribution in [0.5, 0.6) is 0 Å². The highest BCUT2D eigenvalue weighted by atomic mass is 16.3. The minimum absolute atomic E-state index is 0.0322. The van der Waals surface area contributed by atoms with Crippen molar-refractivity contribution in [1.82, 2.24) is 9.78 Å². The van der Waals surface area contributed by atoms with Gasteiger partial charge >= 0.3 is 0 Å². The maximum absolute atomic E-state index is 11.9. The second-order valence-corrected chi connectivity index (χ2v) is 4.25. The first kappa shape index (κ1) is 13.0. The number of nitriles is 1. The Hall–Kier alpha value is -2.40. The molecule has 3 N–H and O–H groups in total. The summed E-state index contributed by atoms with van der Waals surface area (Å²) in [4.78, 5) is 24.4. The molecule has 1 saturated heterocycles. The standard InChI is InChI=1S/C11H13N5O3/c12-4-8-5-14-16(1-2-17)11(8)15-6-7(10(13)19)3-9(15)18/h5,7,17H,1-3,6H2,(H2,13,19). The Bertz CT molecular complexity index is 559. The van der Waals surface area contributed by atoms with Crippen LogP contribution in [-0.2, 0) is 16.1 Å². The number of amides is 2. The van der Waals surface area contributed by atoms with Crippen molar-refractivity contribution in [3.05, 3.63) is 11.8 Å². The van der Waals surface area contributed by atoms with Gasteiger partial charge in [0.2, 0.25) is 11.8 Å². The normalized spacial score (nSPS) is 18.6. The highest BCUT2D eigenvalue weighted by molar-refractivity contribution is 6.00. The molecule has 0 spiro atoms. The fourth-order valence-corrected chi connectivity index (χ4v) is 2.10. The lowest BCUT2D eigenvalue weighted by Gasteiger charge is -2.18. The van der Waals surface area contributed by atoms with Crippen LogP contribution in [0.15, 0.2) is 6.20 Å². The zero-order valence-electron chi connectivity index (χ0n) is 10.1. The number of aliphatic hydroxyl groups is 1. The smallest absolute Gasteiger partial charge is 0.229 e.